The maximum atomic E-state index is 12.3. The summed E-state index contributed by atoms with van der Waals surface area (Å²) in [5, 5.41) is 0. The van der Waals surface area contributed by atoms with Gasteiger partial charge in [-0.3, -0.25) is 0 Å². The second kappa shape index (κ2) is 5.08. The number of hydrogen-bond acceptors (Lipinski definition) is 1. The van der Waals surface area contributed by atoms with Crippen LogP contribution < -0.4 is 4.74 Å². The molecule has 0 radical (unpaired) electrons. The highest BCUT2D eigenvalue weighted by molar-refractivity contribution is 6.66. The third-order valence-electron chi connectivity index (χ3n) is 2.61. The summed E-state index contributed by atoms with van der Waals surface area (Å²) in [6.45, 7) is 3.64. The molecular weight excluding hydrogens is 240 g/mol. The van der Waals surface area contributed by atoms with Crippen molar-refractivity contribution in [2.24, 2.45) is 0 Å². The molecule has 1 aromatic carbocycles. The Bertz CT molecular complexity index is 415. The van der Waals surface area contributed by atoms with E-state index >= 15 is 0 Å². The van der Waals surface area contributed by atoms with Gasteiger partial charge in [-0.15, -0.1) is 12.1 Å². The Morgan fingerprint density at radius 3 is 2.06 bits per heavy atom. The summed E-state index contributed by atoms with van der Waals surface area (Å²) in [5.41, 5.74) is 0.292. The van der Waals surface area contributed by atoms with E-state index in [1.807, 2.05) is 12.1 Å². The molecule has 0 aliphatic carbocycles. The number of halogens is 3. The molecular formula is C13H17BF3O-. The lowest BCUT2D eigenvalue weighted by atomic mass is 9.81. The zero-order chi connectivity index (χ0) is 14.0. The van der Waals surface area contributed by atoms with Crippen molar-refractivity contribution in [1.82, 2.24) is 0 Å². The minimum atomic E-state index is -5.02. The molecule has 0 aliphatic rings. The van der Waals surface area contributed by atoms with Crippen molar-refractivity contribution in [1.29, 1.82) is 0 Å². The molecule has 0 aliphatic heterocycles. The van der Waals surface area contributed by atoms with Crippen LogP contribution in [0.4, 0.5) is 12.9 Å². The Morgan fingerprint density at radius 2 is 1.67 bits per heavy atom. The first kappa shape index (κ1) is 14.7. The molecule has 0 bridgehead atoms. The standard InChI is InChI=1S/C13H17BF3O/c1-10(14(15,16)17)9-18-12-7-5-11(6-8-12)13(2,3)4/h5-8H,1,9H2,2-4H3/q-1. The lowest BCUT2D eigenvalue weighted by Crippen LogP contribution is -2.23. The maximum Gasteiger partial charge on any atom is 0.508 e. The predicted octanol–water partition coefficient (Wildman–Crippen LogP) is 4.31. The van der Waals surface area contributed by atoms with E-state index in [-0.39, 0.29) is 5.41 Å². The molecule has 0 atom stereocenters. The highest BCUT2D eigenvalue weighted by Crippen LogP contribution is 2.25. The molecule has 100 valence electrons. The van der Waals surface area contributed by atoms with Gasteiger partial charge >= 0.3 is 6.98 Å². The smallest absolute Gasteiger partial charge is 0.492 e. The van der Waals surface area contributed by atoms with E-state index in [0.29, 0.717) is 5.75 Å². The van der Waals surface area contributed by atoms with E-state index in [1.165, 1.54) is 0 Å². The van der Waals surface area contributed by atoms with Crippen LogP contribution in [0.2, 0.25) is 0 Å². The first-order valence-electron chi connectivity index (χ1n) is 5.71. The Labute approximate surface area is 106 Å². The molecule has 0 saturated carbocycles. The van der Waals surface area contributed by atoms with E-state index < -0.39 is 19.1 Å². The topological polar surface area (TPSA) is 9.23 Å². The Balaban J connectivity index is 2.63. The molecule has 0 spiro atoms. The van der Waals surface area contributed by atoms with Crippen LogP contribution in [-0.2, 0) is 5.41 Å². The summed E-state index contributed by atoms with van der Waals surface area (Å²) in [6, 6.07) is 7.07. The van der Waals surface area contributed by atoms with Gasteiger partial charge in [-0.2, -0.15) is 0 Å². The van der Waals surface area contributed by atoms with E-state index in [2.05, 4.69) is 27.4 Å². The SMILES string of the molecule is C=C(COc1ccc(C(C)(C)C)cc1)[B-](F)(F)F. The number of rotatable bonds is 4. The van der Waals surface area contributed by atoms with E-state index in [9.17, 15) is 12.9 Å². The van der Waals surface area contributed by atoms with Crippen molar-refractivity contribution in [2.75, 3.05) is 6.61 Å². The van der Waals surface area contributed by atoms with Gasteiger partial charge in [0.2, 0.25) is 0 Å². The monoisotopic (exact) mass is 257 g/mol. The van der Waals surface area contributed by atoms with Gasteiger partial charge in [0.05, 0.1) is 6.61 Å². The van der Waals surface area contributed by atoms with Gasteiger partial charge in [0.1, 0.15) is 5.75 Å². The summed E-state index contributed by atoms with van der Waals surface area (Å²) in [7, 11) is 0. The van der Waals surface area contributed by atoms with Gasteiger partial charge < -0.3 is 17.7 Å². The fourth-order valence-electron chi connectivity index (χ4n) is 1.32. The molecule has 0 saturated heterocycles. The van der Waals surface area contributed by atoms with Crippen LogP contribution in [0.1, 0.15) is 26.3 Å². The minimum absolute atomic E-state index is 0.0111. The fraction of sp³-hybridized carbons (Fsp3) is 0.385. The van der Waals surface area contributed by atoms with E-state index in [0.717, 1.165) is 5.56 Å². The molecule has 1 nitrogen and oxygen atoms in total. The Hall–Kier alpha value is -1.39. The molecule has 1 aromatic rings. The molecule has 0 heterocycles. The Kier molecular flexibility index (Phi) is 4.14. The van der Waals surface area contributed by atoms with Gasteiger partial charge in [-0.1, -0.05) is 32.9 Å². The third-order valence-corrected chi connectivity index (χ3v) is 2.61. The predicted molar refractivity (Wildman–Crippen MR) is 68.9 cm³/mol. The molecule has 0 N–H and O–H groups in total. The van der Waals surface area contributed by atoms with Crippen LogP contribution >= 0.6 is 0 Å². The molecule has 18 heavy (non-hydrogen) atoms. The summed E-state index contributed by atoms with van der Waals surface area (Å²) >= 11 is 0. The van der Waals surface area contributed by atoms with Crippen molar-refractivity contribution < 1.29 is 17.7 Å². The normalized spacial score (nSPS) is 12.3. The van der Waals surface area contributed by atoms with Crippen molar-refractivity contribution >= 4 is 6.98 Å². The van der Waals surface area contributed by atoms with Gasteiger partial charge in [0.15, 0.2) is 0 Å². The maximum absolute atomic E-state index is 12.3. The average Bonchev–Trinajstić information content (AvgIpc) is 2.24. The van der Waals surface area contributed by atoms with Crippen LogP contribution in [-0.4, -0.2) is 13.6 Å². The van der Waals surface area contributed by atoms with Gasteiger partial charge in [-0.05, 0) is 23.1 Å². The first-order valence-corrected chi connectivity index (χ1v) is 5.71. The molecule has 0 fully saturated rings. The molecule has 1 rings (SSSR count). The molecule has 0 aromatic heterocycles. The number of ether oxygens (including phenoxy) is 1. The van der Waals surface area contributed by atoms with Crippen LogP contribution in [0.15, 0.2) is 36.3 Å². The van der Waals surface area contributed by atoms with Crippen molar-refractivity contribution in [2.45, 2.75) is 26.2 Å². The van der Waals surface area contributed by atoms with Crippen LogP contribution in [0.25, 0.3) is 0 Å². The highest BCUT2D eigenvalue weighted by atomic mass is 19.4. The Morgan fingerprint density at radius 1 is 1.17 bits per heavy atom. The summed E-state index contributed by atoms with van der Waals surface area (Å²) in [6.07, 6.45) is 0. The number of hydrogen-bond donors (Lipinski definition) is 0. The average molecular weight is 257 g/mol. The largest absolute Gasteiger partial charge is 0.508 e. The van der Waals surface area contributed by atoms with Crippen LogP contribution in [0, 0.1) is 0 Å². The zero-order valence-electron chi connectivity index (χ0n) is 10.8. The second-order valence-electron chi connectivity index (χ2n) is 5.30. The lowest BCUT2D eigenvalue weighted by Gasteiger charge is -2.20. The van der Waals surface area contributed by atoms with E-state index in [4.69, 9.17) is 4.74 Å². The molecule has 0 amide bonds. The van der Waals surface area contributed by atoms with Crippen molar-refractivity contribution in [3.05, 3.63) is 41.9 Å². The van der Waals surface area contributed by atoms with Gasteiger partial charge in [-0.25, -0.2) is 0 Å². The van der Waals surface area contributed by atoms with Crippen LogP contribution in [0.3, 0.4) is 0 Å². The summed E-state index contributed by atoms with van der Waals surface area (Å²) in [4.78, 5) is 0. The van der Waals surface area contributed by atoms with E-state index in [1.54, 1.807) is 12.1 Å². The summed E-state index contributed by atoms with van der Waals surface area (Å²) < 4.78 is 41.8. The fourth-order valence-corrected chi connectivity index (χ4v) is 1.32. The van der Waals surface area contributed by atoms with Crippen molar-refractivity contribution in [3.63, 3.8) is 0 Å². The second-order valence-corrected chi connectivity index (χ2v) is 5.30. The zero-order valence-corrected chi connectivity index (χ0v) is 10.8. The van der Waals surface area contributed by atoms with Crippen molar-refractivity contribution in [3.8, 4) is 5.75 Å². The van der Waals surface area contributed by atoms with Gasteiger partial charge in [0, 0.05) is 0 Å². The minimum Gasteiger partial charge on any atom is -0.492 e. The molecule has 5 heteroatoms. The first-order chi connectivity index (χ1) is 8.10. The third kappa shape index (κ3) is 4.13. The quantitative estimate of drug-likeness (QED) is 0.730. The number of benzene rings is 1. The summed E-state index contributed by atoms with van der Waals surface area (Å²) in [5.74, 6) is 0.421. The highest BCUT2D eigenvalue weighted by Gasteiger charge is 2.26. The lowest BCUT2D eigenvalue weighted by molar-refractivity contribution is 0.346. The van der Waals surface area contributed by atoms with Crippen LogP contribution in [0.5, 0.6) is 5.75 Å². The molecule has 0 unspecified atom stereocenters. The van der Waals surface area contributed by atoms with Gasteiger partial charge in [0.25, 0.3) is 0 Å².